The number of anilines is 1. The van der Waals surface area contributed by atoms with E-state index in [9.17, 15) is 9.59 Å². The molecule has 0 spiro atoms. The Labute approximate surface area is 189 Å². The third-order valence-electron chi connectivity index (χ3n) is 5.71. The fourth-order valence-corrected chi connectivity index (χ4v) is 4.07. The van der Waals surface area contributed by atoms with Gasteiger partial charge in [0.2, 0.25) is 11.8 Å². The number of aryl methyl sites for hydroxylation is 1. The van der Waals surface area contributed by atoms with E-state index in [1.165, 1.54) is 10.9 Å². The summed E-state index contributed by atoms with van der Waals surface area (Å²) in [6, 6.07) is 8.61. The van der Waals surface area contributed by atoms with Gasteiger partial charge in [-0.05, 0) is 44.5 Å². The quantitative estimate of drug-likeness (QED) is 0.507. The Morgan fingerprint density at radius 2 is 2.06 bits per heavy atom. The van der Waals surface area contributed by atoms with Crippen LogP contribution in [0.4, 0.5) is 10.6 Å². The average Bonchev–Trinajstić information content (AvgIpc) is 3.39. The summed E-state index contributed by atoms with van der Waals surface area (Å²) in [7, 11) is 0. The Morgan fingerprint density at radius 1 is 1.21 bits per heavy atom. The Balaban J connectivity index is 1.39. The van der Waals surface area contributed by atoms with Crippen molar-refractivity contribution in [3.8, 4) is 11.6 Å². The Bertz CT molecular complexity index is 1370. The first kappa shape index (κ1) is 20.7. The molecule has 1 aliphatic heterocycles. The van der Waals surface area contributed by atoms with Gasteiger partial charge in [-0.25, -0.2) is 14.8 Å². The third-order valence-corrected chi connectivity index (χ3v) is 5.71. The Morgan fingerprint density at radius 3 is 2.82 bits per heavy atom. The summed E-state index contributed by atoms with van der Waals surface area (Å²) in [6.45, 7) is 5.76. The van der Waals surface area contributed by atoms with Gasteiger partial charge in [-0.2, -0.15) is 0 Å². The molecule has 1 atom stereocenters. The summed E-state index contributed by atoms with van der Waals surface area (Å²) < 4.78 is 12.6. The van der Waals surface area contributed by atoms with Crippen LogP contribution in [0.5, 0.6) is 11.6 Å². The lowest BCUT2D eigenvalue weighted by Crippen LogP contribution is -2.41. The molecule has 168 valence electrons. The van der Waals surface area contributed by atoms with Gasteiger partial charge in [-0.15, -0.1) is 0 Å². The zero-order valence-electron chi connectivity index (χ0n) is 18.4. The van der Waals surface area contributed by atoms with Crippen LogP contribution in [-0.2, 0) is 17.8 Å². The molecule has 10 heteroatoms. The molecule has 33 heavy (non-hydrogen) atoms. The third kappa shape index (κ3) is 3.91. The van der Waals surface area contributed by atoms with Crippen LogP contribution in [0.25, 0.3) is 10.9 Å². The number of amides is 2. The molecule has 3 aromatic heterocycles. The van der Waals surface area contributed by atoms with Crippen LogP contribution in [0.2, 0.25) is 0 Å². The number of ether oxygens (including phenoxy) is 1. The van der Waals surface area contributed by atoms with Gasteiger partial charge in [0.25, 0.3) is 0 Å². The summed E-state index contributed by atoms with van der Waals surface area (Å²) in [5.41, 5.74) is 2.42. The smallest absolute Gasteiger partial charge is 0.331 e. The van der Waals surface area contributed by atoms with E-state index in [2.05, 4.69) is 20.4 Å². The van der Waals surface area contributed by atoms with Gasteiger partial charge >= 0.3 is 6.03 Å². The Kier molecular flexibility index (Phi) is 5.04. The van der Waals surface area contributed by atoms with Crippen molar-refractivity contribution < 1.29 is 18.8 Å². The van der Waals surface area contributed by atoms with Gasteiger partial charge in [-0.3, -0.25) is 14.7 Å². The predicted octanol–water partition coefficient (Wildman–Crippen LogP) is 3.89. The van der Waals surface area contributed by atoms with Gasteiger partial charge in [0, 0.05) is 36.2 Å². The molecule has 1 aliphatic rings. The van der Waals surface area contributed by atoms with Crippen molar-refractivity contribution in [1.82, 2.24) is 24.6 Å². The number of nitrogens with zero attached hydrogens (tertiary/aromatic N) is 5. The number of carbonyl (C=O) groups is 2. The molecular weight excluding hydrogens is 424 g/mol. The maximum Gasteiger partial charge on any atom is 0.331 e. The molecule has 1 aromatic carbocycles. The van der Waals surface area contributed by atoms with Crippen LogP contribution in [0.3, 0.4) is 0 Å². The van der Waals surface area contributed by atoms with E-state index in [1.807, 2.05) is 25.1 Å². The SMILES string of the molecule is CC(=O)N1Cc2ncnc(Oc3ccc4c(ccn4C(=O)Nc4cc(C)on4)c3)c2CC1C. The number of fused-ring (bicyclic) bond motifs is 2. The van der Waals surface area contributed by atoms with E-state index in [-0.39, 0.29) is 18.0 Å². The zero-order chi connectivity index (χ0) is 23.1. The molecule has 1 unspecified atom stereocenters. The van der Waals surface area contributed by atoms with E-state index in [0.29, 0.717) is 36.2 Å². The van der Waals surface area contributed by atoms with Crippen LogP contribution in [0, 0.1) is 6.92 Å². The summed E-state index contributed by atoms with van der Waals surface area (Å²) in [5.74, 6) is 2.06. The van der Waals surface area contributed by atoms with E-state index in [0.717, 1.165) is 22.2 Å². The first-order valence-electron chi connectivity index (χ1n) is 10.5. The number of benzene rings is 1. The van der Waals surface area contributed by atoms with Crippen LogP contribution in [0.1, 0.15) is 30.9 Å². The second kappa shape index (κ2) is 8.05. The molecule has 5 rings (SSSR count). The molecule has 0 aliphatic carbocycles. The van der Waals surface area contributed by atoms with Crippen molar-refractivity contribution in [2.75, 3.05) is 5.32 Å². The number of nitrogens with one attached hydrogen (secondary N) is 1. The second-order valence-electron chi connectivity index (χ2n) is 8.07. The number of hydrogen-bond acceptors (Lipinski definition) is 7. The molecule has 4 aromatic rings. The van der Waals surface area contributed by atoms with E-state index in [1.54, 1.807) is 37.1 Å². The van der Waals surface area contributed by atoms with Gasteiger partial charge in [0.05, 0.1) is 17.8 Å². The first-order chi connectivity index (χ1) is 15.9. The van der Waals surface area contributed by atoms with Crippen molar-refractivity contribution in [1.29, 1.82) is 0 Å². The predicted molar refractivity (Wildman–Crippen MR) is 119 cm³/mol. The molecule has 0 radical (unpaired) electrons. The highest BCUT2D eigenvalue weighted by Gasteiger charge is 2.28. The molecule has 2 amide bonds. The zero-order valence-corrected chi connectivity index (χ0v) is 18.4. The molecule has 0 saturated carbocycles. The molecule has 0 saturated heterocycles. The number of rotatable bonds is 3. The molecule has 10 nitrogen and oxygen atoms in total. The van der Waals surface area contributed by atoms with Crippen LogP contribution >= 0.6 is 0 Å². The lowest BCUT2D eigenvalue weighted by Gasteiger charge is -2.33. The largest absolute Gasteiger partial charge is 0.439 e. The lowest BCUT2D eigenvalue weighted by molar-refractivity contribution is -0.132. The fraction of sp³-hybridized carbons (Fsp3) is 0.261. The van der Waals surface area contributed by atoms with E-state index in [4.69, 9.17) is 9.26 Å². The van der Waals surface area contributed by atoms with Crippen molar-refractivity contribution in [2.24, 2.45) is 0 Å². The fourth-order valence-electron chi connectivity index (χ4n) is 4.07. The molecule has 4 heterocycles. The van der Waals surface area contributed by atoms with Crippen molar-refractivity contribution >= 4 is 28.7 Å². The molecular formula is C23H22N6O4. The molecule has 0 bridgehead atoms. The summed E-state index contributed by atoms with van der Waals surface area (Å²) in [4.78, 5) is 35.0. The average molecular weight is 446 g/mol. The molecule has 1 N–H and O–H groups in total. The lowest BCUT2D eigenvalue weighted by atomic mass is 9.99. The highest BCUT2D eigenvalue weighted by molar-refractivity contribution is 5.98. The number of hydrogen-bond donors (Lipinski definition) is 1. The van der Waals surface area contributed by atoms with Crippen LogP contribution in [0.15, 0.2) is 47.4 Å². The highest BCUT2D eigenvalue weighted by Crippen LogP contribution is 2.32. The minimum Gasteiger partial charge on any atom is -0.439 e. The maximum atomic E-state index is 12.6. The van der Waals surface area contributed by atoms with Crippen molar-refractivity contribution in [3.05, 3.63) is 59.9 Å². The number of aromatic nitrogens is 4. The monoisotopic (exact) mass is 446 g/mol. The van der Waals surface area contributed by atoms with Gasteiger partial charge in [0.15, 0.2) is 5.82 Å². The summed E-state index contributed by atoms with van der Waals surface area (Å²) in [6.07, 6.45) is 3.75. The first-order valence-corrected chi connectivity index (χ1v) is 10.5. The van der Waals surface area contributed by atoms with E-state index < -0.39 is 0 Å². The van der Waals surface area contributed by atoms with Crippen molar-refractivity contribution in [2.45, 2.75) is 39.8 Å². The second-order valence-corrected chi connectivity index (χ2v) is 8.07. The van der Waals surface area contributed by atoms with Crippen LogP contribution < -0.4 is 10.1 Å². The summed E-state index contributed by atoms with van der Waals surface area (Å²) >= 11 is 0. The van der Waals surface area contributed by atoms with Gasteiger partial charge < -0.3 is 14.2 Å². The normalized spacial score (nSPS) is 15.4. The van der Waals surface area contributed by atoms with Crippen molar-refractivity contribution in [3.63, 3.8) is 0 Å². The number of carbonyl (C=O) groups excluding carboxylic acids is 2. The van der Waals surface area contributed by atoms with Crippen LogP contribution in [-0.4, -0.2) is 42.6 Å². The highest BCUT2D eigenvalue weighted by atomic mass is 16.5. The van der Waals surface area contributed by atoms with E-state index >= 15 is 0 Å². The minimum atomic E-state index is -0.346. The standard InChI is InChI=1S/C23H22N6O4/c1-13-8-18-19(11-29(13)15(3)30)24-12-25-22(18)32-17-4-5-20-16(10-17)6-7-28(20)23(31)26-21-9-14(2)33-27-21/h4-7,9-10,12-13H,8,11H2,1-3H3,(H,26,27,31). The van der Waals surface area contributed by atoms with Gasteiger partial charge in [-0.1, -0.05) is 5.16 Å². The Hall–Kier alpha value is -4.21. The maximum absolute atomic E-state index is 12.6. The summed E-state index contributed by atoms with van der Waals surface area (Å²) in [5, 5.41) is 7.32. The van der Waals surface area contributed by atoms with Gasteiger partial charge in [0.1, 0.15) is 17.8 Å². The minimum absolute atomic E-state index is 0.0203. The molecule has 0 fully saturated rings. The topological polar surface area (TPSA) is 115 Å².